The second kappa shape index (κ2) is 7.02. The standard InChI is InChI=1S/C20H25N3O3S2/c1-15-4-5-16(27-15)14-23-19-13-17(28(24,25)21-9-11-26-12-10-21)6-7-18(19)22-8-2-3-20(22)23/h4-7,13,20H,2-3,8-12,14H2,1H3/t20-/m0/s1. The molecule has 4 heterocycles. The maximum Gasteiger partial charge on any atom is 0.243 e. The van der Waals surface area contributed by atoms with Crippen LogP contribution in [-0.2, 0) is 21.3 Å². The van der Waals surface area contributed by atoms with E-state index in [2.05, 4.69) is 28.9 Å². The van der Waals surface area contributed by atoms with Gasteiger partial charge in [0.05, 0.1) is 36.0 Å². The highest BCUT2D eigenvalue weighted by molar-refractivity contribution is 7.89. The summed E-state index contributed by atoms with van der Waals surface area (Å²) in [4.78, 5) is 7.84. The SMILES string of the molecule is Cc1ccc(CN2c3cc(S(=O)(=O)N4CCOCC4)ccc3N3CCC[C@@H]32)s1. The lowest BCUT2D eigenvalue weighted by Crippen LogP contribution is -2.40. The van der Waals surface area contributed by atoms with Crippen molar-refractivity contribution < 1.29 is 13.2 Å². The van der Waals surface area contributed by atoms with Gasteiger partial charge in [0.2, 0.25) is 10.0 Å². The Morgan fingerprint density at radius 1 is 1.11 bits per heavy atom. The van der Waals surface area contributed by atoms with Crippen LogP contribution in [0, 0.1) is 6.92 Å². The highest BCUT2D eigenvalue weighted by atomic mass is 32.2. The number of ether oxygens (including phenoxy) is 1. The third-order valence-electron chi connectivity index (χ3n) is 5.88. The predicted octanol–water partition coefficient (Wildman–Crippen LogP) is 3.02. The van der Waals surface area contributed by atoms with Crippen molar-refractivity contribution in [1.29, 1.82) is 0 Å². The van der Waals surface area contributed by atoms with Crippen molar-refractivity contribution in [2.75, 3.05) is 42.6 Å². The predicted molar refractivity (Wildman–Crippen MR) is 112 cm³/mol. The Balaban J connectivity index is 1.51. The molecule has 1 aromatic heterocycles. The van der Waals surface area contributed by atoms with Gasteiger partial charge in [0.25, 0.3) is 0 Å². The molecular formula is C20H25N3O3S2. The fourth-order valence-corrected chi connectivity index (χ4v) is 6.83. The van der Waals surface area contributed by atoms with Crippen LogP contribution in [0.4, 0.5) is 11.4 Å². The van der Waals surface area contributed by atoms with Crippen molar-refractivity contribution >= 4 is 32.7 Å². The summed E-state index contributed by atoms with van der Waals surface area (Å²) in [5.41, 5.74) is 2.21. The summed E-state index contributed by atoms with van der Waals surface area (Å²) in [7, 11) is -3.49. The molecule has 28 heavy (non-hydrogen) atoms. The van der Waals surface area contributed by atoms with E-state index in [0.717, 1.165) is 30.9 Å². The monoisotopic (exact) mass is 419 g/mol. The first kappa shape index (κ1) is 18.4. The zero-order valence-corrected chi connectivity index (χ0v) is 17.6. The van der Waals surface area contributed by atoms with Crippen molar-refractivity contribution in [3.05, 3.63) is 40.1 Å². The summed E-state index contributed by atoms with van der Waals surface area (Å²) in [6.07, 6.45) is 2.63. The van der Waals surface area contributed by atoms with Crippen molar-refractivity contribution in [2.24, 2.45) is 0 Å². The lowest BCUT2D eigenvalue weighted by atomic mass is 10.2. The van der Waals surface area contributed by atoms with Crippen LogP contribution >= 0.6 is 11.3 Å². The first-order valence-electron chi connectivity index (χ1n) is 9.84. The molecule has 3 aliphatic heterocycles. The molecule has 0 amide bonds. The van der Waals surface area contributed by atoms with Gasteiger partial charge in [-0.3, -0.25) is 0 Å². The van der Waals surface area contributed by atoms with E-state index in [1.807, 2.05) is 23.5 Å². The molecule has 150 valence electrons. The van der Waals surface area contributed by atoms with E-state index in [1.54, 1.807) is 10.4 Å². The number of hydrogen-bond acceptors (Lipinski definition) is 6. The average molecular weight is 420 g/mol. The zero-order chi connectivity index (χ0) is 19.3. The van der Waals surface area contributed by atoms with Crippen LogP contribution in [-0.4, -0.2) is 51.7 Å². The van der Waals surface area contributed by atoms with E-state index in [9.17, 15) is 8.42 Å². The molecule has 5 rings (SSSR count). The number of benzene rings is 1. The Bertz CT molecular complexity index is 982. The first-order valence-corrected chi connectivity index (χ1v) is 12.1. The Labute approximate surface area is 170 Å². The van der Waals surface area contributed by atoms with Gasteiger partial charge in [-0.1, -0.05) is 0 Å². The molecule has 6 nitrogen and oxygen atoms in total. The number of nitrogens with zero attached hydrogens (tertiary/aromatic N) is 3. The number of anilines is 2. The summed E-state index contributed by atoms with van der Waals surface area (Å²) in [5.74, 6) is 0. The quantitative estimate of drug-likeness (QED) is 0.763. The highest BCUT2D eigenvalue weighted by Gasteiger charge is 2.40. The van der Waals surface area contributed by atoms with E-state index < -0.39 is 10.0 Å². The van der Waals surface area contributed by atoms with Gasteiger partial charge < -0.3 is 14.5 Å². The molecule has 2 fully saturated rings. The van der Waals surface area contributed by atoms with Crippen LogP contribution in [0.3, 0.4) is 0 Å². The van der Waals surface area contributed by atoms with Crippen molar-refractivity contribution in [3.8, 4) is 0 Å². The van der Waals surface area contributed by atoms with Crippen LogP contribution in [0.15, 0.2) is 35.2 Å². The lowest BCUT2D eigenvalue weighted by molar-refractivity contribution is 0.0730. The zero-order valence-electron chi connectivity index (χ0n) is 16.0. The number of hydrogen-bond donors (Lipinski definition) is 0. The minimum atomic E-state index is -3.49. The summed E-state index contributed by atoms with van der Waals surface area (Å²) in [6, 6.07) is 10.0. The summed E-state index contributed by atoms with van der Waals surface area (Å²) < 4.78 is 33.1. The molecular weight excluding hydrogens is 394 g/mol. The molecule has 0 aliphatic carbocycles. The third-order valence-corrected chi connectivity index (χ3v) is 8.76. The summed E-state index contributed by atoms with van der Waals surface area (Å²) in [6.45, 7) is 5.76. The van der Waals surface area contributed by atoms with E-state index in [1.165, 1.54) is 16.2 Å². The molecule has 0 radical (unpaired) electrons. The fourth-order valence-electron chi connectivity index (χ4n) is 4.52. The normalized spacial score (nSPS) is 22.5. The molecule has 8 heteroatoms. The maximum atomic E-state index is 13.1. The number of sulfonamides is 1. The fraction of sp³-hybridized carbons (Fsp3) is 0.500. The van der Waals surface area contributed by atoms with Gasteiger partial charge in [0.1, 0.15) is 6.17 Å². The van der Waals surface area contributed by atoms with Gasteiger partial charge in [-0.2, -0.15) is 4.31 Å². The first-order chi connectivity index (χ1) is 13.5. The largest absolute Gasteiger partial charge is 0.379 e. The van der Waals surface area contributed by atoms with E-state index in [0.29, 0.717) is 37.4 Å². The Hall–Kier alpha value is -1.61. The molecule has 1 aromatic carbocycles. The number of thiophene rings is 1. The highest BCUT2D eigenvalue weighted by Crippen LogP contribution is 2.46. The summed E-state index contributed by atoms with van der Waals surface area (Å²) in [5, 5.41) is 0. The van der Waals surface area contributed by atoms with Crippen LogP contribution < -0.4 is 9.80 Å². The summed E-state index contributed by atoms with van der Waals surface area (Å²) >= 11 is 1.82. The van der Waals surface area contributed by atoms with E-state index in [-0.39, 0.29) is 0 Å². The Morgan fingerprint density at radius 2 is 1.93 bits per heavy atom. The van der Waals surface area contributed by atoms with E-state index >= 15 is 0 Å². The number of morpholine rings is 1. The molecule has 2 saturated heterocycles. The molecule has 0 bridgehead atoms. The molecule has 1 atom stereocenters. The van der Waals surface area contributed by atoms with Crippen LogP contribution in [0.25, 0.3) is 0 Å². The third kappa shape index (κ3) is 3.03. The number of rotatable bonds is 4. The van der Waals surface area contributed by atoms with E-state index in [4.69, 9.17) is 4.74 Å². The Morgan fingerprint density at radius 3 is 2.68 bits per heavy atom. The van der Waals surface area contributed by atoms with Gasteiger partial charge in [0, 0.05) is 29.4 Å². The van der Waals surface area contributed by atoms with Crippen molar-refractivity contribution in [2.45, 2.75) is 37.4 Å². The van der Waals surface area contributed by atoms with Gasteiger partial charge >= 0.3 is 0 Å². The number of aryl methyl sites for hydroxylation is 1. The van der Waals surface area contributed by atoms with Crippen molar-refractivity contribution in [3.63, 3.8) is 0 Å². The minimum Gasteiger partial charge on any atom is -0.379 e. The number of fused-ring (bicyclic) bond motifs is 3. The minimum absolute atomic E-state index is 0.332. The lowest BCUT2D eigenvalue weighted by Gasteiger charge is -2.28. The van der Waals surface area contributed by atoms with Crippen LogP contribution in [0.5, 0.6) is 0 Å². The maximum absolute atomic E-state index is 13.1. The molecule has 2 aromatic rings. The topological polar surface area (TPSA) is 53.1 Å². The smallest absolute Gasteiger partial charge is 0.243 e. The molecule has 0 N–H and O–H groups in total. The van der Waals surface area contributed by atoms with Crippen LogP contribution in [0.2, 0.25) is 0 Å². The Kier molecular flexibility index (Phi) is 4.62. The van der Waals surface area contributed by atoms with Gasteiger partial charge in [-0.15, -0.1) is 11.3 Å². The average Bonchev–Trinajstić information content (AvgIpc) is 3.40. The molecule has 0 spiro atoms. The second-order valence-corrected chi connectivity index (χ2v) is 10.9. The van der Waals surface area contributed by atoms with Crippen LogP contribution in [0.1, 0.15) is 22.6 Å². The van der Waals surface area contributed by atoms with Gasteiger partial charge in [-0.05, 0) is 50.1 Å². The molecule has 0 saturated carbocycles. The van der Waals surface area contributed by atoms with Crippen molar-refractivity contribution in [1.82, 2.24) is 4.31 Å². The molecule has 0 unspecified atom stereocenters. The molecule has 3 aliphatic rings. The second-order valence-electron chi connectivity index (χ2n) is 7.62. The van der Waals surface area contributed by atoms with Gasteiger partial charge in [-0.25, -0.2) is 8.42 Å². The van der Waals surface area contributed by atoms with Gasteiger partial charge in [0.15, 0.2) is 0 Å².